The number of halogens is 1. The molecule has 0 fully saturated rings. The van der Waals surface area contributed by atoms with Gasteiger partial charge >= 0.3 is 0 Å². The number of nitrogens with one attached hydrogen (secondary N) is 1. The van der Waals surface area contributed by atoms with Crippen molar-refractivity contribution in [1.29, 1.82) is 0 Å². The molecule has 14 heavy (non-hydrogen) atoms. The Hall–Kier alpha value is -0.100. The second kappa shape index (κ2) is 5.11. The number of hydrogen-bond acceptors (Lipinski definition) is 3. The molecule has 0 aliphatic rings. The third kappa shape index (κ3) is 3.24. The zero-order valence-electron chi connectivity index (χ0n) is 7.73. The Morgan fingerprint density at radius 2 is 2.36 bits per heavy atom. The first-order chi connectivity index (χ1) is 6.59. The van der Waals surface area contributed by atoms with E-state index in [-0.39, 0.29) is 6.04 Å². The molecule has 1 aromatic rings. The van der Waals surface area contributed by atoms with Gasteiger partial charge in [0, 0.05) is 4.88 Å². The van der Waals surface area contributed by atoms with Crippen molar-refractivity contribution >= 4 is 33.0 Å². The molecule has 6 heteroatoms. The lowest BCUT2D eigenvalue weighted by Crippen LogP contribution is -2.28. The van der Waals surface area contributed by atoms with Gasteiger partial charge in [0.05, 0.1) is 6.04 Å². The normalized spacial score (nSPS) is 14.1. The highest BCUT2D eigenvalue weighted by Gasteiger charge is 2.17. The van der Waals surface area contributed by atoms with Crippen molar-refractivity contribution in [3.05, 3.63) is 22.4 Å². The van der Waals surface area contributed by atoms with Crippen LogP contribution in [0.4, 0.5) is 0 Å². The van der Waals surface area contributed by atoms with E-state index in [1.807, 2.05) is 24.4 Å². The third-order valence-electron chi connectivity index (χ3n) is 1.76. The van der Waals surface area contributed by atoms with Crippen molar-refractivity contribution in [1.82, 2.24) is 4.72 Å². The molecule has 0 radical (unpaired) electrons. The van der Waals surface area contributed by atoms with Gasteiger partial charge in [0.2, 0.25) is 10.0 Å². The van der Waals surface area contributed by atoms with E-state index in [0.29, 0.717) is 0 Å². The number of thiophene rings is 1. The first kappa shape index (κ1) is 12.0. The minimum Gasteiger partial charge on any atom is -0.211 e. The minimum atomic E-state index is -3.33. The Labute approximate surface area is 93.1 Å². The summed E-state index contributed by atoms with van der Waals surface area (Å²) in [5, 5.41) is 1.53. The highest BCUT2D eigenvalue weighted by atomic mass is 35.5. The average molecular weight is 254 g/mol. The molecule has 0 amide bonds. The first-order valence-corrected chi connectivity index (χ1v) is 7.25. The summed E-state index contributed by atoms with van der Waals surface area (Å²) < 4.78 is 25.0. The van der Waals surface area contributed by atoms with E-state index in [2.05, 4.69) is 4.72 Å². The van der Waals surface area contributed by atoms with E-state index in [9.17, 15) is 8.42 Å². The van der Waals surface area contributed by atoms with Crippen LogP contribution in [-0.2, 0) is 10.0 Å². The van der Waals surface area contributed by atoms with Crippen molar-refractivity contribution in [2.24, 2.45) is 0 Å². The molecular formula is C8H12ClNO2S2. The van der Waals surface area contributed by atoms with Crippen LogP contribution in [0.2, 0.25) is 0 Å². The molecule has 0 aliphatic heterocycles. The van der Waals surface area contributed by atoms with Crippen LogP contribution >= 0.6 is 22.9 Å². The molecule has 80 valence electrons. The highest BCUT2D eigenvalue weighted by molar-refractivity contribution is 7.90. The molecule has 1 heterocycles. The van der Waals surface area contributed by atoms with E-state index in [4.69, 9.17) is 11.6 Å². The standard InChI is InChI=1S/C8H12ClNO2S2/c1-2-7(8-4-3-5-13-8)10-14(11,12)6-9/h3-5,7,10H,2,6H2,1H3. The third-order valence-corrected chi connectivity index (χ3v) is 4.54. The highest BCUT2D eigenvalue weighted by Crippen LogP contribution is 2.22. The van der Waals surface area contributed by atoms with Crippen molar-refractivity contribution in [3.63, 3.8) is 0 Å². The van der Waals surface area contributed by atoms with Gasteiger partial charge in [0.25, 0.3) is 0 Å². The topological polar surface area (TPSA) is 46.2 Å². The molecule has 0 saturated carbocycles. The zero-order valence-corrected chi connectivity index (χ0v) is 10.1. The molecule has 1 rings (SSSR count). The molecule has 1 aromatic heterocycles. The lowest BCUT2D eigenvalue weighted by molar-refractivity contribution is 0.557. The fraction of sp³-hybridized carbons (Fsp3) is 0.500. The van der Waals surface area contributed by atoms with E-state index in [0.717, 1.165) is 11.3 Å². The molecule has 0 aliphatic carbocycles. The second-order valence-corrected chi connectivity index (χ2v) is 6.14. The van der Waals surface area contributed by atoms with E-state index >= 15 is 0 Å². The lowest BCUT2D eigenvalue weighted by atomic mass is 10.2. The fourth-order valence-corrected chi connectivity index (χ4v) is 3.00. The summed E-state index contributed by atoms with van der Waals surface area (Å²) in [6.45, 7) is 1.93. The van der Waals surface area contributed by atoms with Crippen LogP contribution in [0, 0.1) is 0 Å². The summed E-state index contributed by atoms with van der Waals surface area (Å²) in [6, 6.07) is 3.66. The summed E-state index contributed by atoms with van der Waals surface area (Å²) in [5.41, 5.74) is 0. The number of rotatable bonds is 5. The van der Waals surface area contributed by atoms with Crippen molar-refractivity contribution in [2.75, 3.05) is 5.21 Å². The molecule has 0 aromatic carbocycles. The van der Waals surface area contributed by atoms with Gasteiger partial charge in [-0.1, -0.05) is 13.0 Å². The Morgan fingerprint density at radius 1 is 1.64 bits per heavy atom. The number of hydrogen-bond donors (Lipinski definition) is 1. The molecule has 0 saturated heterocycles. The van der Waals surface area contributed by atoms with Gasteiger partial charge in [-0.15, -0.1) is 22.9 Å². The largest absolute Gasteiger partial charge is 0.226 e. The molecule has 3 nitrogen and oxygen atoms in total. The summed E-state index contributed by atoms with van der Waals surface area (Å²) in [5.74, 6) is 0. The Bertz CT molecular complexity index is 361. The maximum atomic E-state index is 11.2. The number of alkyl halides is 1. The zero-order chi connectivity index (χ0) is 10.6. The van der Waals surface area contributed by atoms with Crippen LogP contribution in [-0.4, -0.2) is 13.6 Å². The number of sulfonamides is 1. The van der Waals surface area contributed by atoms with Crippen LogP contribution in [0.25, 0.3) is 0 Å². The Morgan fingerprint density at radius 3 is 2.79 bits per heavy atom. The van der Waals surface area contributed by atoms with Gasteiger partial charge in [-0.25, -0.2) is 13.1 Å². The maximum Gasteiger partial charge on any atom is 0.226 e. The van der Waals surface area contributed by atoms with Gasteiger partial charge in [-0.3, -0.25) is 0 Å². The fourth-order valence-electron chi connectivity index (χ4n) is 1.08. The van der Waals surface area contributed by atoms with Crippen LogP contribution in [0.5, 0.6) is 0 Å². The Kier molecular flexibility index (Phi) is 4.37. The van der Waals surface area contributed by atoms with E-state index in [1.54, 1.807) is 0 Å². The molecule has 1 atom stereocenters. The molecule has 0 spiro atoms. The van der Waals surface area contributed by atoms with Gasteiger partial charge in [-0.05, 0) is 17.9 Å². The predicted octanol–water partition coefficient (Wildman–Crippen LogP) is 2.31. The van der Waals surface area contributed by atoms with Gasteiger partial charge < -0.3 is 0 Å². The molecule has 1 unspecified atom stereocenters. The second-order valence-electron chi connectivity index (χ2n) is 2.82. The monoisotopic (exact) mass is 253 g/mol. The Balaban J connectivity index is 2.75. The van der Waals surface area contributed by atoms with Crippen molar-refractivity contribution < 1.29 is 8.42 Å². The van der Waals surface area contributed by atoms with Gasteiger partial charge in [-0.2, -0.15) is 0 Å². The van der Waals surface area contributed by atoms with E-state index in [1.165, 1.54) is 11.3 Å². The first-order valence-electron chi connectivity index (χ1n) is 4.18. The van der Waals surface area contributed by atoms with Crippen LogP contribution in [0.15, 0.2) is 17.5 Å². The summed E-state index contributed by atoms with van der Waals surface area (Å²) in [6.07, 6.45) is 0.719. The van der Waals surface area contributed by atoms with Crippen molar-refractivity contribution in [3.8, 4) is 0 Å². The van der Waals surface area contributed by atoms with Crippen LogP contribution in [0.3, 0.4) is 0 Å². The van der Waals surface area contributed by atoms with Crippen LogP contribution < -0.4 is 4.72 Å². The summed E-state index contributed by atoms with van der Waals surface area (Å²) in [4.78, 5) is 1.01. The molecule has 1 N–H and O–H groups in total. The van der Waals surface area contributed by atoms with Gasteiger partial charge in [0.1, 0.15) is 5.21 Å². The van der Waals surface area contributed by atoms with Gasteiger partial charge in [0.15, 0.2) is 0 Å². The predicted molar refractivity (Wildman–Crippen MR) is 60.1 cm³/mol. The maximum absolute atomic E-state index is 11.2. The van der Waals surface area contributed by atoms with Crippen LogP contribution in [0.1, 0.15) is 24.3 Å². The average Bonchev–Trinajstić information content (AvgIpc) is 2.67. The summed E-state index contributed by atoms with van der Waals surface area (Å²) >= 11 is 6.85. The van der Waals surface area contributed by atoms with Crippen molar-refractivity contribution in [2.45, 2.75) is 19.4 Å². The minimum absolute atomic E-state index is 0.154. The SMILES string of the molecule is CCC(NS(=O)(=O)CCl)c1cccs1. The smallest absolute Gasteiger partial charge is 0.211 e. The summed E-state index contributed by atoms with van der Waals surface area (Å²) in [7, 11) is -3.33. The molecule has 0 bridgehead atoms. The lowest BCUT2D eigenvalue weighted by Gasteiger charge is -2.13. The van der Waals surface area contributed by atoms with E-state index < -0.39 is 15.2 Å². The quantitative estimate of drug-likeness (QED) is 0.819. The molecular weight excluding hydrogens is 242 g/mol.